The zero-order chi connectivity index (χ0) is 17.2. The fourth-order valence-corrected chi connectivity index (χ4v) is 3.36. The molecule has 0 amide bonds. The predicted molar refractivity (Wildman–Crippen MR) is 99.9 cm³/mol. The Bertz CT molecular complexity index is 680. The van der Waals surface area contributed by atoms with Gasteiger partial charge >= 0.3 is 0 Å². The van der Waals surface area contributed by atoms with Crippen molar-refractivity contribution in [3.8, 4) is 22.6 Å². The minimum absolute atomic E-state index is 0.0146. The summed E-state index contributed by atoms with van der Waals surface area (Å²) in [6, 6.07) is 10.1. The Morgan fingerprint density at radius 3 is 2.26 bits per heavy atom. The van der Waals surface area contributed by atoms with E-state index in [9.17, 15) is 0 Å². The lowest BCUT2D eigenvalue weighted by Gasteiger charge is -2.24. The largest absolute Gasteiger partial charge is 0.497 e. The number of hydrogen-bond donors (Lipinski definition) is 1. The van der Waals surface area contributed by atoms with Crippen LogP contribution in [0.4, 0.5) is 5.69 Å². The van der Waals surface area contributed by atoms with Gasteiger partial charge in [-0.2, -0.15) is 0 Å². The van der Waals surface area contributed by atoms with Crippen LogP contribution in [-0.4, -0.2) is 20.5 Å². The molecule has 0 heterocycles. The zero-order valence-corrected chi connectivity index (χ0v) is 15.5. The van der Waals surface area contributed by atoms with Crippen molar-refractivity contribution < 1.29 is 9.47 Å². The van der Waals surface area contributed by atoms with Crippen molar-refractivity contribution in [1.82, 2.24) is 0 Å². The fraction of sp³-hybridized carbons (Fsp3) is 0.368. The Labute approximate surface area is 143 Å². The molecule has 0 aliphatic heterocycles. The molecule has 0 saturated heterocycles. The second-order valence-corrected chi connectivity index (χ2v) is 7.27. The summed E-state index contributed by atoms with van der Waals surface area (Å²) in [6.45, 7) is 6.51. The summed E-state index contributed by atoms with van der Waals surface area (Å²) in [6.07, 6.45) is 2.04. The minimum atomic E-state index is -0.0146. The minimum Gasteiger partial charge on any atom is -0.497 e. The smallest absolute Gasteiger partial charge is 0.131 e. The number of ether oxygens (including phenoxy) is 2. The van der Waals surface area contributed by atoms with Crippen LogP contribution in [0.3, 0.4) is 0 Å². The van der Waals surface area contributed by atoms with Crippen molar-refractivity contribution in [3.05, 3.63) is 35.9 Å². The van der Waals surface area contributed by atoms with Gasteiger partial charge in [-0.3, -0.25) is 0 Å². The van der Waals surface area contributed by atoms with Gasteiger partial charge in [-0.05, 0) is 23.3 Å². The van der Waals surface area contributed by atoms with E-state index in [4.69, 9.17) is 15.2 Å². The van der Waals surface area contributed by atoms with Crippen LogP contribution >= 0.6 is 11.8 Å². The molecule has 4 heteroatoms. The van der Waals surface area contributed by atoms with Gasteiger partial charge in [0.05, 0.1) is 14.2 Å². The lowest BCUT2D eigenvalue weighted by molar-refractivity contribution is 0.393. The average molecular weight is 331 g/mol. The fourth-order valence-electron chi connectivity index (χ4n) is 2.71. The Morgan fingerprint density at radius 2 is 1.74 bits per heavy atom. The predicted octanol–water partition coefficient (Wildman–Crippen LogP) is 4.97. The molecule has 0 aromatic heterocycles. The van der Waals surface area contributed by atoms with Gasteiger partial charge in [-0.1, -0.05) is 39.0 Å². The number of rotatable bonds is 4. The highest BCUT2D eigenvalue weighted by atomic mass is 32.2. The number of methoxy groups -OCH3 is 2. The van der Waals surface area contributed by atoms with Crippen molar-refractivity contribution in [1.29, 1.82) is 0 Å². The maximum Gasteiger partial charge on any atom is 0.131 e. The summed E-state index contributed by atoms with van der Waals surface area (Å²) in [7, 11) is 3.33. The van der Waals surface area contributed by atoms with E-state index >= 15 is 0 Å². The van der Waals surface area contributed by atoms with Gasteiger partial charge in [-0.25, -0.2) is 0 Å². The Balaban J connectivity index is 2.76. The van der Waals surface area contributed by atoms with Crippen LogP contribution in [-0.2, 0) is 5.41 Å². The normalized spacial score (nSPS) is 11.4. The standard InChI is InChI=1S/C19H25NO2S/c1-19(2,3)14-9-7-8-13(18(14)20)17-15(22-5)10-12(21-4)11-16(17)23-6/h7-11H,20H2,1-6H3. The first-order valence-corrected chi connectivity index (χ1v) is 8.75. The van der Waals surface area contributed by atoms with Crippen LogP contribution in [0, 0.1) is 0 Å². The number of thioether (sulfide) groups is 1. The van der Waals surface area contributed by atoms with Crippen LogP contribution in [0.15, 0.2) is 35.2 Å². The molecule has 0 unspecified atom stereocenters. The molecule has 2 rings (SSSR count). The quantitative estimate of drug-likeness (QED) is 0.634. The molecule has 0 bridgehead atoms. The number of nitrogen functional groups attached to an aromatic ring is 1. The van der Waals surface area contributed by atoms with E-state index in [0.29, 0.717) is 0 Å². The van der Waals surface area contributed by atoms with Crippen LogP contribution < -0.4 is 15.2 Å². The van der Waals surface area contributed by atoms with Crippen molar-refractivity contribution in [3.63, 3.8) is 0 Å². The highest BCUT2D eigenvalue weighted by Gasteiger charge is 2.22. The molecular formula is C19H25NO2S. The maximum atomic E-state index is 6.52. The van der Waals surface area contributed by atoms with Gasteiger partial charge in [0.25, 0.3) is 0 Å². The van der Waals surface area contributed by atoms with E-state index in [1.54, 1.807) is 26.0 Å². The van der Waals surface area contributed by atoms with Gasteiger partial charge in [0.2, 0.25) is 0 Å². The van der Waals surface area contributed by atoms with E-state index in [2.05, 4.69) is 39.0 Å². The van der Waals surface area contributed by atoms with Crippen molar-refractivity contribution >= 4 is 17.4 Å². The Morgan fingerprint density at radius 1 is 1.04 bits per heavy atom. The van der Waals surface area contributed by atoms with Gasteiger partial charge in [-0.15, -0.1) is 11.8 Å². The lowest BCUT2D eigenvalue weighted by Crippen LogP contribution is -2.14. The summed E-state index contributed by atoms with van der Waals surface area (Å²) >= 11 is 1.66. The average Bonchev–Trinajstić information content (AvgIpc) is 2.52. The molecular weight excluding hydrogens is 306 g/mol. The van der Waals surface area contributed by atoms with Crippen LogP contribution in [0.25, 0.3) is 11.1 Å². The van der Waals surface area contributed by atoms with Gasteiger partial charge in [0, 0.05) is 27.8 Å². The van der Waals surface area contributed by atoms with Crippen LogP contribution in [0.2, 0.25) is 0 Å². The van der Waals surface area contributed by atoms with Crippen molar-refractivity contribution in [2.24, 2.45) is 0 Å². The Hall–Kier alpha value is -1.81. The van der Waals surface area contributed by atoms with Crippen LogP contribution in [0.1, 0.15) is 26.3 Å². The summed E-state index contributed by atoms with van der Waals surface area (Å²) < 4.78 is 11.0. The summed E-state index contributed by atoms with van der Waals surface area (Å²) in [4.78, 5) is 1.08. The highest BCUT2D eigenvalue weighted by Crippen LogP contribution is 2.45. The number of benzene rings is 2. The third kappa shape index (κ3) is 3.42. The molecule has 2 N–H and O–H groups in total. The summed E-state index contributed by atoms with van der Waals surface area (Å²) in [5, 5.41) is 0. The van der Waals surface area contributed by atoms with E-state index < -0.39 is 0 Å². The summed E-state index contributed by atoms with van der Waals surface area (Å²) in [5.41, 5.74) is 10.5. The van der Waals surface area contributed by atoms with Crippen molar-refractivity contribution in [2.75, 3.05) is 26.2 Å². The van der Waals surface area contributed by atoms with E-state index in [1.165, 1.54) is 0 Å². The first-order valence-electron chi connectivity index (χ1n) is 7.52. The lowest BCUT2D eigenvalue weighted by atomic mass is 9.83. The third-order valence-electron chi connectivity index (χ3n) is 3.90. The molecule has 0 aliphatic carbocycles. The molecule has 0 aliphatic rings. The molecule has 23 heavy (non-hydrogen) atoms. The molecule has 2 aromatic carbocycles. The number of anilines is 1. The molecule has 0 spiro atoms. The summed E-state index contributed by atoms with van der Waals surface area (Å²) in [5.74, 6) is 1.55. The molecule has 0 saturated carbocycles. The second-order valence-electron chi connectivity index (χ2n) is 6.42. The van der Waals surface area contributed by atoms with E-state index in [0.717, 1.165) is 38.8 Å². The molecule has 0 atom stereocenters. The van der Waals surface area contributed by atoms with Gasteiger partial charge in [0.15, 0.2) is 0 Å². The molecule has 2 aromatic rings. The third-order valence-corrected chi connectivity index (χ3v) is 4.66. The second kappa shape index (κ2) is 6.75. The first kappa shape index (κ1) is 17.5. The molecule has 124 valence electrons. The van der Waals surface area contributed by atoms with E-state index in [1.807, 2.05) is 18.4 Å². The topological polar surface area (TPSA) is 44.5 Å². The van der Waals surface area contributed by atoms with E-state index in [-0.39, 0.29) is 5.41 Å². The number of nitrogens with two attached hydrogens (primary N) is 1. The van der Waals surface area contributed by atoms with Gasteiger partial charge < -0.3 is 15.2 Å². The van der Waals surface area contributed by atoms with Crippen LogP contribution in [0.5, 0.6) is 11.5 Å². The first-order chi connectivity index (χ1) is 10.8. The van der Waals surface area contributed by atoms with Gasteiger partial charge in [0.1, 0.15) is 11.5 Å². The molecule has 0 fully saturated rings. The SMILES string of the molecule is COc1cc(OC)c(-c2cccc(C(C)(C)C)c2N)c(SC)c1. The highest BCUT2D eigenvalue weighted by molar-refractivity contribution is 7.98. The molecule has 3 nitrogen and oxygen atoms in total. The Kier molecular flexibility index (Phi) is 5.15. The molecule has 0 radical (unpaired) electrons. The zero-order valence-electron chi connectivity index (χ0n) is 14.7. The number of para-hydroxylation sites is 1. The van der Waals surface area contributed by atoms with Crippen molar-refractivity contribution in [2.45, 2.75) is 31.1 Å². The maximum absolute atomic E-state index is 6.52. The number of hydrogen-bond acceptors (Lipinski definition) is 4. The monoisotopic (exact) mass is 331 g/mol.